The summed E-state index contributed by atoms with van der Waals surface area (Å²) in [6.07, 6.45) is 1.51. The van der Waals surface area contributed by atoms with Crippen molar-refractivity contribution < 1.29 is 16.8 Å². The number of nitrogens with one attached hydrogen (secondary N) is 1. The van der Waals surface area contributed by atoms with Crippen LogP contribution in [0, 0.1) is 0 Å². The Hall–Kier alpha value is -1.97. The van der Waals surface area contributed by atoms with E-state index in [4.69, 9.17) is 0 Å². The van der Waals surface area contributed by atoms with Gasteiger partial charge in [0.05, 0.1) is 21.7 Å². The first kappa shape index (κ1) is 17.8. The molecule has 0 unspecified atom stereocenters. The van der Waals surface area contributed by atoms with Gasteiger partial charge < -0.3 is 0 Å². The highest BCUT2D eigenvalue weighted by Crippen LogP contribution is 2.28. The van der Waals surface area contributed by atoms with E-state index in [1.54, 1.807) is 18.2 Å². The second kappa shape index (κ2) is 6.74. The van der Waals surface area contributed by atoms with Gasteiger partial charge >= 0.3 is 0 Å². The number of hydrogen-bond donors (Lipinski definition) is 1. The predicted molar refractivity (Wildman–Crippen MR) is 100 cm³/mol. The maximum atomic E-state index is 12.3. The SMILES string of the molecule is CS(=O)(=O)c1nc2ccc(NS(=O)(=O)CCc3ccccc3)cc2s1. The van der Waals surface area contributed by atoms with E-state index < -0.39 is 19.9 Å². The largest absolute Gasteiger partial charge is 0.283 e. The van der Waals surface area contributed by atoms with Gasteiger partial charge in [-0.25, -0.2) is 21.8 Å². The van der Waals surface area contributed by atoms with Gasteiger partial charge in [-0.2, -0.15) is 0 Å². The van der Waals surface area contributed by atoms with Crippen LogP contribution < -0.4 is 4.72 Å². The van der Waals surface area contributed by atoms with Crippen molar-refractivity contribution in [2.45, 2.75) is 10.8 Å². The van der Waals surface area contributed by atoms with Crippen LogP contribution in [0.25, 0.3) is 10.2 Å². The van der Waals surface area contributed by atoms with Crippen molar-refractivity contribution in [1.29, 1.82) is 0 Å². The average Bonchev–Trinajstić information content (AvgIpc) is 2.97. The molecule has 2 aromatic carbocycles. The Balaban J connectivity index is 1.77. The zero-order valence-corrected chi connectivity index (χ0v) is 15.8. The van der Waals surface area contributed by atoms with Gasteiger partial charge in [-0.05, 0) is 30.2 Å². The topological polar surface area (TPSA) is 93.2 Å². The van der Waals surface area contributed by atoms with E-state index in [0.717, 1.165) is 23.2 Å². The van der Waals surface area contributed by atoms with Crippen LogP contribution in [0.15, 0.2) is 52.9 Å². The zero-order chi connectivity index (χ0) is 18.1. The van der Waals surface area contributed by atoms with Gasteiger partial charge in [0.25, 0.3) is 0 Å². The fraction of sp³-hybridized carbons (Fsp3) is 0.188. The van der Waals surface area contributed by atoms with Crippen molar-refractivity contribution in [2.24, 2.45) is 0 Å². The number of nitrogens with zero attached hydrogens (tertiary/aromatic N) is 1. The number of fused-ring (bicyclic) bond motifs is 1. The van der Waals surface area contributed by atoms with Gasteiger partial charge in [0.2, 0.25) is 24.2 Å². The third kappa shape index (κ3) is 4.56. The smallest absolute Gasteiger partial charge is 0.233 e. The molecule has 0 aliphatic carbocycles. The quantitative estimate of drug-likeness (QED) is 0.691. The molecule has 0 fully saturated rings. The van der Waals surface area contributed by atoms with Gasteiger partial charge in [0, 0.05) is 6.26 Å². The number of benzene rings is 2. The fourth-order valence-electron chi connectivity index (χ4n) is 2.25. The van der Waals surface area contributed by atoms with Crippen molar-refractivity contribution in [1.82, 2.24) is 4.98 Å². The van der Waals surface area contributed by atoms with Crippen LogP contribution in [-0.4, -0.2) is 33.8 Å². The molecule has 3 rings (SSSR count). The molecule has 0 atom stereocenters. The molecule has 1 N–H and O–H groups in total. The van der Waals surface area contributed by atoms with Gasteiger partial charge in [-0.1, -0.05) is 30.3 Å². The summed E-state index contributed by atoms with van der Waals surface area (Å²) in [4.78, 5) is 4.05. The van der Waals surface area contributed by atoms with Crippen LogP contribution in [0.4, 0.5) is 5.69 Å². The molecule has 25 heavy (non-hydrogen) atoms. The maximum Gasteiger partial charge on any atom is 0.233 e. The van der Waals surface area contributed by atoms with Crippen LogP contribution in [0.3, 0.4) is 0 Å². The Labute approximate surface area is 150 Å². The van der Waals surface area contributed by atoms with E-state index in [9.17, 15) is 16.8 Å². The highest BCUT2D eigenvalue weighted by molar-refractivity contribution is 7.93. The number of hydrogen-bond acceptors (Lipinski definition) is 6. The number of anilines is 1. The molecule has 0 bridgehead atoms. The molecular formula is C16H16N2O4S3. The van der Waals surface area contributed by atoms with E-state index in [-0.39, 0.29) is 10.1 Å². The average molecular weight is 397 g/mol. The third-order valence-electron chi connectivity index (χ3n) is 3.46. The number of rotatable bonds is 6. The molecule has 132 valence electrons. The lowest BCUT2D eigenvalue weighted by Crippen LogP contribution is -2.18. The van der Waals surface area contributed by atoms with E-state index in [1.165, 1.54) is 0 Å². The summed E-state index contributed by atoms with van der Waals surface area (Å²) in [6.45, 7) is 0. The summed E-state index contributed by atoms with van der Waals surface area (Å²) < 4.78 is 50.8. The Morgan fingerprint density at radius 2 is 1.76 bits per heavy atom. The monoisotopic (exact) mass is 396 g/mol. The predicted octanol–water partition coefficient (Wildman–Crippen LogP) is 2.68. The van der Waals surface area contributed by atoms with Crippen molar-refractivity contribution in [3.05, 3.63) is 54.1 Å². The van der Waals surface area contributed by atoms with Gasteiger partial charge in [0.15, 0.2) is 0 Å². The second-order valence-electron chi connectivity index (χ2n) is 5.59. The minimum atomic E-state index is -3.51. The summed E-state index contributed by atoms with van der Waals surface area (Å²) in [5, 5.41) is 0. The molecule has 0 saturated carbocycles. The Morgan fingerprint density at radius 3 is 2.44 bits per heavy atom. The number of sulfonamides is 1. The molecule has 9 heteroatoms. The number of sulfone groups is 1. The lowest BCUT2D eigenvalue weighted by molar-refractivity contribution is 0.599. The van der Waals surface area contributed by atoms with Crippen molar-refractivity contribution >= 4 is 47.1 Å². The zero-order valence-electron chi connectivity index (χ0n) is 13.3. The Kier molecular flexibility index (Phi) is 4.81. The van der Waals surface area contributed by atoms with Crippen LogP contribution >= 0.6 is 11.3 Å². The molecule has 0 aliphatic rings. The molecule has 1 aromatic heterocycles. The number of thiazole rings is 1. The second-order valence-corrected chi connectivity index (χ2v) is 10.7. The van der Waals surface area contributed by atoms with Crippen LogP contribution in [0.2, 0.25) is 0 Å². The first-order chi connectivity index (χ1) is 11.7. The van der Waals surface area contributed by atoms with E-state index in [0.29, 0.717) is 22.3 Å². The molecule has 0 saturated heterocycles. The Bertz CT molecular complexity index is 1100. The number of aryl methyl sites for hydroxylation is 1. The van der Waals surface area contributed by atoms with Gasteiger partial charge in [0.1, 0.15) is 0 Å². The summed E-state index contributed by atoms with van der Waals surface area (Å²) in [5.74, 6) is -0.0354. The third-order valence-corrected chi connectivity index (χ3v) is 7.45. The Morgan fingerprint density at radius 1 is 1.04 bits per heavy atom. The van der Waals surface area contributed by atoms with Crippen LogP contribution in [0.5, 0.6) is 0 Å². The molecule has 0 aliphatic heterocycles. The minimum absolute atomic E-state index is 0.0200. The van der Waals surface area contributed by atoms with E-state index >= 15 is 0 Å². The normalized spacial score (nSPS) is 12.4. The van der Waals surface area contributed by atoms with Gasteiger partial charge in [-0.15, -0.1) is 11.3 Å². The van der Waals surface area contributed by atoms with E-state index in [1.807, 2.05) is 30.3 Å². The number of aromatic nitrogens is 1. The lowest BCUT2D eigenvalue weighted by Gasteiger charge is -2.08. The highest BCUT2D eigenvalue weighted by Gasteiger charge is 2.15. The molecule has 3 aromatic rings. The first-order valence-corrected chi connectivity index (χ1v) is 11.7. The first-order valence-electron chi connectivity index (χ1n) is 7.38. The summed E-state index contributed by atoms with van der Waals surface area (Å²) in [5.41, 5.74) is 1.87. The van der Waals surface area contributed by atoms with Crippen LogP contribution in [0.1, 0.15) is 5.56 Å². The molecule has 0 radical (unpaired) electrons. The minimum Gasteiger partial charge on any atom is -0.283 e. The molecule has 1 heterocycles. The molecule has 0 amide bonds. The van der Waals surface area contributed by atoms with Crippen LogP contribution in [-0.2, 0) is 26.3 Å². The molecular weight excluding hydrogens is 380 g/mol. The summed E-state index contributed by atoms with van der Waals surface area (Å²) in [7, 11) is -6.89. The summed E-state index contributed by atoms with van der Waals surface area (Å²) >= 11 is 1.02. The maximum absolute atomic E-state index is 12.3. The summed E-state index contributed by atoms with van der Waals surface area (Å²) in [6, 6.07) is 14.2. The highest BCUT2D eigenvalue weighted by atomic mass is 32.2. The molecule has 6 nitrogen and oxygen atoms in total. The van der Waals surface area contributed by atoms with Crippen molar-refractivity contribution in [2.75, 3.05) is 16.7 Å². The van der Waals surface area contributed by atoms with Gasteiger partial charge in [-0.3, -0.25) is 4.72 Å². The standard InChI is InChI=1S/C16H16N2O4S3/c1-24(19,20)16-17-14-8-7-13(11-15(14)23-16)18-25(21,22)10-9-12-5-3-2-4-6-12/h2-8,11,18H,9-10H2,1H3. The van der Waals surface area contributed by atoms with Crippen molar-refractivity contribution in [3.8, 4) is 0 Å². The van der Waals surface area contributed by atoms with Crippen molar-refractivity contribution in [3.63, 3.8) is 0 Å². The lowest BCUT2D eigenvalue weighted by atomic mass is 10.2. The van der Waals surface area contributed by atoms with E-state index in [2.05, 4.69) is 9.71 Å². The fourth-order valence-corrected chi connectivity index (χ4v) is 5.22. The molecule has 0 spiro atoms.